The standard InChI is InChI=1S/C21H24N6O2/c1-14-20(21-23-25-26-24-21)18(7-8-22-14)17-5-3-15(4-6-17)11-16-12-19(28)27(13-16)9-10-29-2/h3-8,16H,9-13H2,1-2H3,(H,23,24,25,26)/t16-/m1/s1. The summed E-state index contributed by atoms with van der Waals surface area (Å²) in [6.07, 6.45) is 3.29. The van der Waals surface area contributed by atoms with Crippen molar-refractivity contribution in [3.05, 3.63) is 47.8 Å². The summed E-state index contributed by atoms with van der Waals surface area (Å²) in [7, 11) is 1.66. The molecule has 2 aromatic heterocycles. The molecule has 3 aromatic rings. The number of hydrogen-bond acceptors (Lipinski definition) is 6. The summed E-state index contributed by atoms with van der Waals surface area (Å²) in [6.45, 7) is 4.00. The van der Waals surface area contributed by atoms with Gasteiger partial charge in [0.2, 0.25) is 11.7 Å². The van der Waals surface area contributed by atoms with E-state index in [4.69, 9.17) is 4.74 Å². The highest BCUT2D eigenvalue weighted by molar-refractivity contribution is 5.81. The van der Waals surface area contributed by atoms with E-state index in [9.17, 15) is 4.79 Å². The molecule has 1 aromatic carbocycles. The van der Waals surface area contributed by atoms with Gasteiger partial charge in [-0.3, -0.25) is 9.78 Å². The molecule has 1 atom stereocenters. The molecule has 0 radical (unpaired) electrons. The Morgan fingerprint density at radius 3 is 2.79 bits per heavy atom. The smallest absolute Gasteiger partial charge is 0.223 e. The Kier molecular flexibility index (Phi) is 5.62. The van der Waals surface area contributed by atoms with Crippen LogP contribution in [0.2, 0.25) is 0 Å². The van der Waals surface area contributed by atoms with Crippen LogP contribution in [-0.4, -0.2) is 63.2 Å². The third kappa shape index (κ3) is 4.17. The highest BCUT2D eigenvalue weighted by Gasteiger charge is 2.29. The first kappa shape index (κ1) is 19.2. The molecule has 1 N–H and O–H groups in total. The van der Waals surface area contributed by atoms with Gasteiger partial charge in [0.1, 0.15) is 0 Å². The molecule has 0 bridgehead atoms. The van der Waals surface area contributed by atoms with Crippen LogP contribution < -0.4 is 0 Å². The van der Waals surface area contributed by atoms with Crippen LogP contribution in [0.15, 0.2) is 36.5 Å². The van der Waals surface area contributed by atoms with E-state index < -0.39 is 0 Å². The van der Waals surface area contributed by atoms with Gasteiger partial charge in [0, 0.05) is 38.5 Å². The number of likely N-dealkylation sites (tertiary alicyclic amines) is 1. The summed E-state index contributed by atoms with van der Waals surface area (Å²) in [6, 6.07) is 10.4. The van der Waals surface area contributed by atoms with Crippen LogP contribution in [-0.2, 0) is 16.0 Å². The number of benzene rings is 1. The third-order valence-electron chi connectivity index (χ3n) is 5.36. The number of aromatic amines is 1. The van der Waals surface area contributed by atoms with Crippen molar-refractivity contribution >= 4 is 5.91 Å². The minimum atomic E-state index is 0.223. The van der Waals surface area contributed by atoms with Crippen LogP contribution in [0, 0.1) is 12.8 Å². The van der Waals surface area contributed by atoms with E-state index >= 15 is 0 Å². The molecule has 4 rings (SSSR count). The predicted molar refractivity (Wildman–Crippen MR) is 108 cm³/mol. The molecule has 0 spiro atoms. The van der Waals surface area contributed by atoms with E-state index in [1.54, 1.807) is 13.3 Å². The minimum absolute atomic E-state index is 0.223. The Morgan fingerprint density at radius 2 is 2.07 bits per heavy atom. The average Bonchev–Trinajstić information content (AvgIpc) is 3.37. The Hall–Kier alpha value is -3.13. The van der Waals surface area contributed by atoms with Gasteiger partial charge in [-0.05, 0) is 47.2 Å². The number of H-pyrrole nitrogens is 1. The largest absolute Gasteiger partial charge is 0.383 e. The molecule has 0 unspecified atom stereocenters. The lowest BCUT2D eigenvalue weighted by Crippen LogP contribution is -2.28. The van der Waals surface area contributed by atoms with Crippen LogP contribution in [0.25, 0.3) is 22.5 Å². The maximum atomic E-state index is 12.1. The molecule has 1 aliphatic rings. The minimum Gasteiger partial charge on any atom is -0.383 e. The van der Waals surface area contributed by atoms with Crippen molar-refractivity contribution in [2.24, 2.45) is 5.92 Å². The zero-order valence-corrected chi connectivity index (χ0v) is 16.6. The molecular formula is C21H24N6O2. The first-order chi connectivity index (χ1) is 14.2. The number of carbonyl (C=O) groups excluding carboxylic acids is 1. The van der Waals surface area contributed by atoms with Gasteiger partial charge < -0.3 is 9.64 Å². The van der Waals surface area contributed by atoms with Crippen molar-refractivity contribution in [2.45, 2.75) is 19.8 Å². The third-order valence-corrected chi connectivity index (χ3v) is 5.36. The lowest BCUT2D eigenvalue weighted by Gasteiger charge is -2.16. The number of aryl methyl sites for hydroxylation is 1. The second-order valence-electron chi connectivity index (χ2n) is 7.36. The molecule has 3 heterocycles. The fourth-order valence-electron chi connectivity index (χ4n) is 3.92. The lowest BCUT2D eigenvalue weighted by atomic mass is 9.94. The number of hydrogen-bond donors (Lipinski definition) is 1. The maximum absolute atomic E-state index is 12.1. The number of ether oxygens (including phenoxy) is 1. The van der Waals surface area contributed by atoms with Crippen LogP contribution >= 0.6 is 0 Å². The number of aromatic nitrogens is 5. The fourth-order valence-corrected chi connectivity index (χ4v) is 3.92. The van der Waals surface area contributed by atoms with Crippen molar-refractivity contribution in [1.29, 1.82) is 0 Å². The van der Waals surface area contributed by atoms with Crippen LogP contribution in [0.3, 0.4) is 0 Å². The molecule has 0 saturated carbocycles. The first-order valence-corrected chi connectivity index (χ1v) is 9.71. The summed E-state index contributed by atoms with van der Waals surface area (Å²) in [5.41, 5.74) is 5.06. The fraction of sp³-hybridized carbons (Fsp3) is 0.381. The Bertz CT molecular complexity index is 971. The predicted octanol–water partition coefficient (Wildman–Crippen LogP) is 2.27. The van der Waals surface area contributed by atoms with Crippen molar-refractivity contribution in [2.75, 3.05) is 26.8 Å². The number of pyridine rings is 1. The molecule has 1 fully saturated rings. The van der Waals surface area contributed by atoms with Gasteiger partial charge in [-0.2, -0.15) is 5.21 Å². The van der Waals surface area contributed by atoms with Crippen molar-refractivity contribution in [3.8, 4) is 22.5 Å². The van der Waals surface area contributed by atoms with E-state index in [2.05, 4.69) is 49.9 Å². The van der Waals surface area contributed by atoms with E-state index in [-0.39, 0.29) is 5.91 Å². The maximum Gasteiger partial charge on any atom is 0.223 e. The Labute approximate surface area is 169 Å². The van der Waals surface area contributed by atoms with Gasteiger partial charge in [0.25, 0.3) is 0 Å². The summed E-state index contributed by atoms with van der Waals surface area (Å²) < 4.78 is 5.09. The monoisotopic (exact) mass is 392 g/mol. The lowest BCUT2D eigenvalue weighted by molar-refractivity contribution is -0.128. The number of rotatable bonds is 7. The highest BCUT2D eigenvalue weighted by Crippen LogP contribution is 2.32. The van der Waals surface area contributed by atoms with Gasteiger partial charge in [-0.1, -0.05) is 24.3 Å². The van der Waals surface area contributed by atoms with E-state index in [1.807, 2.05) is 17.9 Å². The molecule has 29 heavy (non-hydrogen) atoms. The zero-order valence-electron chi connectivity index (χ0n) is 16.6. The molecular weight excluding hydrogens is 368 g/mol. The van der Waals surface area contributed by atoms with Gasteiger partial charge in [-0.15, -0.1) is 10.2 Å². The van der Waals surface area contributed by atoms with Crippen molar-refractivity contribution in [1.82, 2.24) is 30.5 Å². The topological polar surface area (TPSA) is 96.9 Å². The number of tetrazole rings is 1. The van der Waals surface area contributed by atoms with E-state index in [0.717, 1.165) is 35.3 Å². The highest BCUT2D eigenvalue weighted by atomic mass is 16.5. The summed E-state index contributed by atoms with van der Waals surface area (Å²) in [5.74, 6) is 1.11. The first-order valence-electron chi connectivity index (χ1n) is 9.71. The van der Waals surface area contributed by atoms with Crippen molar-refractivity contribution < 1.29 is 9.53 Å². The van der Waals surface area contributed by atoms with Gasteiger partial charge in [0.15, 0.2) is 0 Å². The molecule has 8 nitrogen and oxygen atoms in total. The zero-order chi connectivity index (χ0) is 20.2. The van der Waals surface area contributed by atoms with Gasteiger partial charge >= 0.3 is 0 Å². The average molecular weight is 392 g/mol. The van der Waals surface area contributed by atoms with Crippen LogP contribution in [0.4, 0.5) is 0 Å². The van der Waals surface area contributed by atoms with Crippen LogP contribution in [0.1, 0.15) is 17.7 Å². The number of nitrogens with one attached hydrogen (secondary N) is 1. The summed E-state index contributed by atoms with van der Waals surface area (Å²) >= 11 is 0. The van der Waals surface area contributed by atoms with Gasteiger partial charge in [-0.25, -0.2) is 0 Å². The molecule has 0 aliphatic carbocycles. The van der Waals surface area contributed by atoms with Gasteiger partial charge in [0.05, 0.1) is 12.2 Å². The molecule has 1 aliphatic heterocycles. The molecule has 8 heteroatoms. The SMILES string of the molecule is COCCN1C[C@H](Cc2ccc(-c3ccnc(C)c3-c3nn[nH]n3)cc2)CC1=O. The van der Waals surface area contributed by atoms with Crippen molar-refractivity contribution in [3.63, 3.8) is 0 Å². The number of methoxy groups -OCH3 is 1. The summed E-state index contributed by atoms with van der Waals surface area (Å²) in [5, 5.41) is 14.4. The normalized spacial score (nSPS) is 16.6. The number of nitrogens with zero attached hydrogens (tertiary/aromatic N) is 5. The van der Waals surface area contributed by atoms with E-state index in [1.165, 1.54) is 5.56 Å². The Balaban J connectivity index is 1.50. The van der Waals surface area contributed by atoms with E-state index in [0.29, 0.717) is 31.3 Å². The Morgan fingerprint density at radius 1 is 1.24 bits per heavy atom. The second kappa shape index (κ2) is 8.48. The molecule has 150 valence electrons. The molecule has 1 saturated heterocycles. The second-order valence-corrected chi connectivity index (χ2v) is 7.36. The number of carbonyl (C=O) groups is 1. The van der Waals surface area contributed by atoms with Crippen LogP contribution in [0.5, 0.6) is 0 Å². The summed E-state index contributed by atoms with van der Waals surface area (Å²) in [4.78, 5) is 18.4. The molecule has 1 amide bonds. The number of amides is 1. The quantitative estimate of drug-likeness (QED) is 0.663.